The van der Waals surface area contributed by atoms with Gasteiger partial charge in [0.2, 0.25) is 0 Å². The lowest BCUT2D eigenvalue weighted by atomic mass is 9.84. The highest BCUT2D eigenvalue weighted by atomic mass is 32.1. The Labute approximate surface area is 100 Å². The first-order chi connectivity index (χ1) is 7.36. The van der Waals surface area contributed by atoms with Gasteiger partial charge < -0.3 is 4.74 Å². The van der Waals surface area contributed by atoms with Crippen molar-refractivity contribution in [2.24, 2.45) is 0 Å². The van der Waals surface area contributed by atoms with Gasteiger partial charge in [0.1, 0.15) is 5.75 Å². The second-order valence-corrected chi connectivity index (χ2v) is 4.63. The molecule has 0 N–H and O–H groups in total. The predicted octanol–water partition coefficient (Wildman–Crippen LogP) is 2.63. The first-order valence-electron chi connectivity index (χ1n) is 4.93. The van der Waals surface area contributed by atoms with Gasteiger partial charge in [-0.3, -0.25) is 0 Å². The van der Waals surface area contributed by atoms with Crippen LogP contribution in [0, 0.1) is 6.92 Å². The van der Waals surface area contributed by atoms with Crippen LogP contribution in [0.25, 0.3) is 0 Å². The quantitative estimate of drug-likeness (QED) is 0.760. The second-order valence-electron chi connectivity index (χ2n) is 4.50. The maximum absolute atomic E-state index is 8.29. The fourth-order valence-corrected chi connectivity index (χ4v) is 1.60. The van der Waals surface area contributed by atoms with E-state index in [0.717, 1.165) is 5.75 Å². The Morgan fingerprint density at radius 1 is 1.19 bits per heavy atom. The molecule has 1 aromatic carbocycles. The summed E-state index contributed by atoms with van der Waals surface area (Å²) < 4.78 is 21.7. The van der Waals surface area contributed by atoms with Crippen LogP contribution in [0.2, 0.25) is 0 Å². The fraction of sp³-hybridized carbons (Fsp3) is 0.500. The molecule has 1 rings (SSSR count). The lowest BCUT2D eigenvalue weighted by molar-refractivity contribution is 0.413. The molecule has 3 nitrogen and oxygen atoms in total. The van der Waals surface area contributed by atoms with E-state index in [0.29, 0.717) is 0 Å². The zero-order valence-electron chi connectivity index (χ0n) is 10.4. The molecule has 0 aliphatic heterocycles. The number of aryl methyl sites for hydroxylation is 1. The van der Waals surface area contributed by atoms with Crippen LogP contribution in [-0.4, -0.2) is 15.5 Å². The molecule has 0 atom stereocenters. The fourth-order valence-electron chi connectivity index (χ4n) is 1.60. The molecule has 0 fully saturated rings. The third-order valence-electron chi connectivity index (χ3n) is 2.24. The zero-order chi connectivity index (χ0) is 12.8. The topological polar surface area (TPSA) is 43.4 Å². The van der Waals surface area contributed by atoms with Gasteiger partial charge in [0.05, 0.1) is 7.11 Å². The van der Waals surface area contributed by atoms with Crippen LogP contribution in [0.15, 0.2) is 18.2 Å². The van der Waals surface area contributed by atoms with Gasteiger partial charge in [0, 0.05) is 0 Å². The van der Waals surface area contributed by atoms with Crippen LogP contribution in [0.1, 0.15) is 31.9 Å². The molecule has 0 unspecified atom stereocenters. The maximum atomic E-state index is 8.29. The van der Waals surface area contributed by atoms with Gasteiger partial charge in [-0.05, 0) is 35.6 Å². The van der Waals surface area contributed by atoms with Crippen molar-refractivity contribution in [3.8, 4) is 5.75 Å². The first-order valence-corrected chi connectivity index (χ1v) is 5.60. The first kappa shape index (κ1) is 14.8. The lowest BCUT2D eigenvalue weighted by Gasteiger charge is -2.21. The van der Waals surface area contributed by atoms with E-state index in [1.54, 1.807) is 7.11 Å². The molecule has 0 bridgehead atoms. The number of hydrogen-bond donors (Lipinski definition) is 0. The molecule has 0 amide bonds. The highest BCUT2D eigenvalue weighted by Gasteiger charge is 2.15. The summed E-state index contributed by atoms with van der Waals surface area (Å²) in [4.78, 5) is 0. The van der Waals surface area contributed by atoms with Crippen molar-refractivity contribution in [1.29, 1.82) is 0 Å². The average Bonchev–Trinajstić information content (AvgIpc) is 2.16. The van der Waals surface area contributed by atoms with Gasteiger partial charge in [-0.15, -0.1) is 0 Å². The summed E-state index contributed by atoms with van der Waals surface area (Å²) in [5.74, 6) is 0.936. The SMILES string of the molecule is COc1ccc(C(C)(C)C)c(C)c1.O=S=O. The second kappa shape index (κ2) is 6.43. The molecule has 16 heavy (non-hydrogen) atoms. The van der Waals surface area contributed by atoms with E-state index in [-0.39, 0.29) is 5.41 Å². The number of methoxy groups -OCH3 is 1. The van der Waals surface area contributed by atoms with Crippen LogP contribution in [0.5, 0.6) is 5.75 Å². The minimum absolute atomic E-state index is 0.219. The van der Waals surface area contributed by atoms with Crippen molar-refractivity contribution < 1.29 is 13.2 Å². The summed E-state index contributed by atoms with van der Waals surface area (Å²) in [7, 11) is 1.70. The van der Waals surface area contributed by atoms with Crippen molar-refractivity contribution in [1.82, 2.24) is 0 Å². The summed E-state index contributed by atoms with van der Waals surface area (Å²) in [6.07, 6.45) is 0. The van der Waals surface area contributed by atoms with Crippen LogP contribution in [-0.2, 0) is 17.0 Å². The van der Waals surface area contributed by atoms with E-state index in [1.807, 2.05) is 6.07 Å². The Bertz CT molecular complexity index is 374. The van der Waals surface area contributed by atoms with Gasteiger partial charge in [-0.25, -0.2) is 0 Å². The van der Waals surface area contributed by atoms with Crippen molar-refractivity contribution in [2.45, 2.75) is 33.1 Å². The molecule has 0 aliphatic rings. The van der Waals surface area contributed by atoms with E-state index < -0.39 is 11.6 Å². The van der Waals surface area contributed by atoms with Gasteiger partial charge in [0.25, 0.3) is 0 Å². The molecule has 0 radical (unpaired) electrons. The van der Waals surface area contributed by atoms with Crippen molar-refractivity contribution in [3.63, 3.8) is 0 Å². The van der Waals surface area contributed by atoms with Gasteiger partial charge >= 0.3 is 11.6 Å². The molecule has 4 heteroatoms. The summed E-state index contributed by atoms with van der Waals surface area (Å²) in [5, 5.41) is 0. The highest BCUT2D eigenvalue weighted by Crippen LogP contribution is 2.27. The molecule has 0 aromatic heterocycles. The molecule has 0 saturated carbocycles. The number of rotatable bonds is 1. The summed E-state index contributed by atoms with van der Waals surface area (Å²) in [6, 6.07) is 6.25. The number of benzene rings is 1. The third-order valence-corrected chi connectivity index (χ3v) is 2.24. The molecule has 1 aromatic rings. The van der Waals surface area contributed by atoms with E-state index in [2.05, 4.69) is 39.8 Å². The Morgan fingerprint density at radius 3 is 2.00 bits per heavy atom. The number of ether oxygens (including phenoxy) is 1. The van der Waals surface area contributed by atoms with Crippen LogP contribution < -0.4 is 4.74 Å². The molecule has 0 saturated heterocycles. The van der Waals surface area contributed by atoms with E-state index in [1.165, 1.54) is 11.1 Å². The summed E-state index contributed by atoms with van der Waals surface area (Å²) in [5.41, 5.74) is 2.90. The van der Waals surface area contributed by atoms with Gasteiger partial charge in [0.15, 0.2) is 0 Å². The Balaban J connectivity index is 0.000000673. The molecule has 0 spiro atoms. The smallest absolute Gasteiger partial charge is 0.335 e. The Hall–Kier alpha value is -1.16. The van der Waals surface area contributed by atoms with Crippen LogP contribution in [0.3, 0.4) is 0 Å². The molecule has 0 heterocycles. The van der Waals surface area contributed by atoms with Gasteiger partial charge in [-0.1, -0.05) is 26.8 Å². The lowest BCUT2D eigenvalue weighted by Crippen LogP contribution is -2.12. The third kappa shape index (κ3) is 4.57. The largest absolute Gasteiger partial charge is 0.497 e. The summed E-state index contributed by atoms with van der Waals surface area (Å²) in [6.45, 7) is 8.80. The van der Waals surface area contributed by atoms with Crippen LogP contribution in [0.4, 0.5) is 0 Å². The molecule has 0 aliphatic carbocycles. The van der Waals surface area contributed by atoms with Crippen molar-refractivity contribution in [2.75, 3.05) is 7.11 Å². The zero-order valence-corrected chi connectivity index (χ0v) is 11.2. The number of hydrogen-bond acceptors (Lipinski definition) is 3. The predicted molar refractivity (Wildman–Crippen MR) is 65.4 cm³/mol. The van der Waals surface area contributed by atoms with Gasteiger partial charge in [-0.2, -0.15) is 8.42 Å². The van der Waals surface area contributed by atoms with Crippen molar-refractivity contribution in [3.05, 3.63) is 29.3 Å². The summed E-state index contributed by atoms with van der Waals surface area (Å²) >= 11 is -0.750. The van der Waals surface area contributed by atoms with E-state index >= 15 is 0 Å². The molecular formula is C12H18O3S. The van der Waals surface area contributed by atoms with Crippen LogP contribution >= 0.6 is 0 Å². The van der Waals surface area contributed by atoms with E-state index in [9.17, 15) is 0 Å². The molecule has 90 valence electrons. The minimum atomic E-state index is -0.750. The highest BCUT2D eigenvalue weighted by molar-refractivity contribution is 7.51. The monoisotopic (exact) mass is 242 g/mol. The van der Waals surface area contributed by atoms with Crippen molar-refractivity contribution >= 4 is 11.6 Å². The minimum Gasteiger partial charge on any atom is -0.497 e. The Morgan fingerprint density at radius 2 is 1.69 bits per heavy atom. The normalized spacial score (nSPS) is 10.1. The standard InChI is InChI=1S/C12H18O.O2S/c1-9-8-10(13-5)6-7-11(9)12(2,3)4;1-3-2/h6-8H,1-5H3;. The van der Waals surface area contributed by atoms with E-state index in [4.69, 9.17) is 13.2 Å². The average molecular weight is 242 g/mol. The Kier molecular flexibility index (Phi) is 5.96. The maximum Gasteiger partial charge on any atom is 0.335 e. The molecular weight excluding hydrogens is 224 g/mol.